The molecule has 0 spiro atoms. The normalized spacial score (nSPS) is 11.2. The van der Waals surface area contributed by atoms with Gasteiger partial charge in [0.1, 0.15) is 12.4 Å². The Kier molecular flexibility index (Phi) is 2.53. The molecule has 2 rings (SSSR count). The van der Waals surface area contributed by atoms with E-state index in [2.05, 4.69) is 15.1 Å². The summed E-state index contributed by atoms with van der Waals surface area (Å²) >= 11 is 0. The fourth-order valence-corrected chi connectivity index (χ4v) is 1.28. The van der Waals surface area contributed by atoms with Crippen molar-refractivity contribution in [3.63, 3.8) is 0 Å². The van der Waals surface area contributed by atoms with Crippen LogP contribution in [0.1, 0.15) is 37.3 Å². The highest BCUT2D eigenvalue weighted by Crippen LogP contribution is 2.10. The monoisotopic (exact) mass is 206 g/mol. The number of hydrogen-bond acceptors (Lipinski definition) is 4. The predicted octanol–water partition coefficient (Wildman–Crippen LogP) is 1.75. The van der Waals surface area contributed by atoms with Crippen molar-refractivity contribution >= 4 is 0 Å². The van der Waals surface area contributed by atoms with E-state index < -0.39 is 0 Å². The van der Waals surface area contributed by atoms with Crippen molar-refractivity contribution in [3.8, 4) is 0 Å². The van der Waals surface area contributed by atoms with Gasteiger partial charge in [-0.25, -0.2) is 4.98 Å². The van der Waals surface area contributed by atoms with Gasteiger partial charge in [-0.15, -0.1) is 0 Å². The lowest BCUT2D eigenvalue weighted by Crippen LogP contribution is -2.01. The van der Waals surface area contributed by atoms with Crippen LogP contribution in [0.4, 0.5) is 0 Å². The van der Waals surface area contributed by atoms with Gasteiger partial charge >= 0.3 is 0 Å². The van der Waals surface area contributed by atoms with Crippen molar-refractivity contribution in [2.45, 2.75) is 33.2 Å². The van der Waals surface area contributed by atoms with Crippen LogP contribution in [0.2, 0.25) is 0 Å². The van der Waals surface area contributed by atoms with E-state index in [4.69, 9.17) is 4.52 Å². The van der Waals surface area contributed by atoms with E-state index in [1.54, 1.807) is 6.20 Å². The first-order chi connectivity index (χ1) is 7.16. The van der Waals surface area contributed by atoms with E-state index >= 15 is 0 Å². The SMILES string of the molecule is Cc1nccn1Cc1nc(C(C)C)no1. The lowest BCUT2D eigenvalue weighted by molar-refractivity contribution is 0.363. The summed E-state index contributed by atoms with van der Waals surface area (Å²) in [6.45, 7) is 6.61. The van der Waals surface area contributed by atoms with Crippen LogP contribution in [-0.4, -0.2) is 19.7 Å². The van der Waals surface area contributed by atoms with Gasteiger partial charge in [0.2, 0.25) is 5.89 Å². The third-order valence-corrected chi connectivity index (χ3v) is 2.23. The second kappa shape index (κ2) is 3.84. The molecule has 0 saturated carbocycles. The topological polar surface area (TPSA) is 56.7 Å². The molecule has 0 saturated heterocycles. The molecule has 5 heteroatoms. The van der Waals surface area contributed by atoms with E-state index in [1.807, 2.05) is 31.5 Å². The Labute approximate surface area is 88.1 Å². The molecule has 80 valence electrons. The number of hydrogen-bond donors (Lipinski definition) is 0. The van der Waals surface area contributed by atoms with E-state index in [0.29, 0.717) is 18.4 Å². The molecule has 0 unspecified atom stereocenters. The quantitative estimate of drug-likeness (QED) is 0.767. The number of nitrogens with zero attached hydrogens (tertiary/aromatic N) is 4. The van der Waals surface area contributed by atoms with Crippen LogP contribution >= 0.6 is 0 Å². The third-order valence-electron chi connectivity index (χ3n) is 2.23. The highest BCUT2D eigenvalue weighted by Gasteiger charge is 2.10. The standard InChI is InChI=1S/C10H14N4O/c1-7(2)10-12-9(15-13-10)6-14-5-4-11-8(14)3/h4-5,7H,6H2,1-3H3. The molecule has 0 amide bonds. The van der Waals surface area contributed by atoms with Crippen LogP contribution in [0.5, 0.6) is 0 Å². The molecule has 0 aromatic carbocycles. The fraction of sp³-hybridized carbons (Fsp3) is 0.500. The molecule has 0 bridgehead atoms. The van der Waals surface area contributed by atoms with Gasteiger partial charge in [0.05, 0.1) is 0 Å². The van der Waals surface area contributed by atoms with Gasteiger partial charge in [-0.2, -0.15) is 4.98 Å². The number of aryl methyl sites for hydroxylation is 1. The van der Waals surface area contributed by atoms with E-state index in [-0.39, 0.29) is 0 Å². The van der Waals surface area contributed by atoms with Crippen LogP contribution < -0.4 is 0 Å². The van der Waals surface area contributed by atoms with Gasteiger partial charge in [0, 0.05) is 18.3 Å². The lowest BCUT2D eigenvalue weighted by atomic mass is 10.2. The minimum absolute atomic E-state index is 0.298. The molecule has 0 N–H and O–H groups in total. The average Bonchev–Trinajstić information content (AvgIpc) is 2.77. The first kappa shape index (κ1) is 9.89. The second-order valence-corrected chi connectivity index (χ2v) is 3.80. The van der Waals surface area contributed by atoms with Crippen LogP contribution in [0.25, 0.3) is 0 Å². The molecule has 0 aliphatic heterocycles. The summed E-state index contributed by atoms with van der Waals surface area (Å²) in [5.74, 6) is 2.62. The third kappa shape index (κ3) is 2.06. The molecule has 0 aliphatic rings. The summed E-state index contributed by atoms with van der Waals surface area (Å²) in [6.07, 6.45) is 3.66. The van der Waals surface area contributed by atoms with Gasteiger partial charge in [-0.3, -0.25) is 0 Å². The molecule has 2 aromatic rings. The highest BCUT2D eigenvalue weighted by molar-refractivity contribution is 4.96. The summed E-state index contributed by atoms with van der Waals surface area (Å²) < 4.78 is 7.11. The van der Waals surface area contributed by atoms with Gasteiger partial charge in [-0.1, -0.05) is 19.0 Å². The molecule has 0 fully saturated rings. The van der Waals surface area contributed by atoms with E-state index in [0.717, 1.165) is 11.6 Å². The Balaban J connectivity index is 2.15. The van der Waals surface area contributed by atoms with Gasteiger partial charge in [0.15, 0.2) is 5.82 Å². The zero-order chi connectivity index (χ0) is 10.8. The summed E-state index contributed by atoms with van der Waals surface area (Å²) in [5.41, 5.74) is 0. The van der Waals surface area contributed by atoms with Crippen molar-refractivity contribution < 1.29 is 4.52 Å². The van der Waals surface area contributed by atoms with Crippen molar-refractivity contribution in [1.29, 1.82) is 0 Å². The zero-order valence-electron chi connectivity index (χ0n) is 9.14. The summed E-state index contributed by atoms with van der Waals surface area (Å²) in [4.78, 5) is 8.43. The number of imidazole rings is 1. The van der Waals surface area contributed by atoms with Crippen molar-refractivity contribution in [2.24, 2.45) is 0 Å². The average molecular weight is 206 g/mol. The van der Waals surface area contributed by atoms with Crippen molar-refractivity contribution in [3.05, 3.63) is 29.9 Å². The summed E-state index contributed by atoms with van der Waals surface area (Å²) in [5, 5.41) is 3.91. The summed E-state index contributed by atoms with van der Waals surface area (Å²) in [6, 6.07) is 0. The largest absolute Gasteiger partial charge is 0.337 e. The Bertz CT molecular complexity index is 444. The minimum atomic E-state index is 0.298. The van der Waals surface area contributed by atoms with Crippen LogP contribution in [0.3, 0.4) is 0 Å². The second-order valence-electron chi connectivity index (χ2n) is 3.80. The maximum absolute atomic E-state index is 5.14. The Hall–Kier alpha value is -1.65. The molecule has 2 aromatic heterocycles. The first-order valence-corrected chi connectivity index (χ1v) is 4.97. The van der Waals surface area contributed by atoms with Gasteiger partial charge in [0.25, 0.3) is 0 Å². The van der Waals surface area contributed by atoms with Crippen LogP contribution in [-0.2, 0) is 6.54 Å². The smallest absolute Gasteiger partial charge is 0.246 e. The van der Waals surface area contributed by atoms with Crippen LogP contribution in [0.15, 0.2) is 16.9 Å². The Morgan fingerprint density at radius 3 is 2.80 bits per heavy atom. The van der Waals surface area contributed by atoms with Gasteiger partial charge in [-0.05, 0) is 6.92 Å². The predicted molar refractivity (Wildman–Crippen MR) is 54.5 cm³/mol. The minimum Gasteiger partial charge on any atom is -0.337 e. The van der Waals surface area contributed by atoms with Crippen LogP contribution in [0, 0.1) is 6.92 Å². The van der Waals surface area contributed by atoms with Crippen molar-refractivity contribution in [2.75, 3.05) is 0 Å². The number of rotatable bonds is 3. The molecule has 15 heavy (non-hydrogen) atoms. The zero-order valence-corrected chi connectivity index (χ0v) is 9.14. The molecular formula is C10H14N4O. The van der Waals surface area contributed by atoms with E-state index in [1.165, 1.54) is 0 Å². The first-order valence-electron chi connectivity index (χ1n) is 4.97. The molecular weight excluding hydrogens is 192 g/mol. The fourth-order valence-electron chi connectivity index (χ4n) is 1.28. The Morgan fingerprint density at radius 2 is 2.27 bits per heavy atom. The molecule has 0 radical (unpaired) electrons. The summed E-state index contributed by atoms with van der Waals surface area (Å²) in [7, 11) is 0. The maximum atomic E-state index is 5.14. The molecule has 0 atom stereocenters. The maximum Gasteiger partial charge on any atom is 0.246 e. The Morgan fingerprint density at radius 1 is 1.47 bits per heavy atom. The van der Waals surface area contributed by atoms with Gasteiger partial charge < -0.3 is 9.09 Å². The van der Waals surface area contributed by atoms with Crippen molar-refractivity contribution in [1.82, 2.24) is 19.7 Å². The molecule has 0 aliphatic carbocycles. The lowest BCUT2D eigenvalue weighted by Gasteiger charge is -1.98. The molecule has 5 nitrogen and oxygen atoms in total. The number of aromatic nitrogens is 4. The van der Waals surface area contributed by atoms with E-state index in [9.17, 15) is 0 Å². The molecule has 2 heterocycles. The highest BCUT2D eigenvalue weighted by atomic mass is 16.5.